The zero-order chi connectivity index (χ0) is 10.4. The summed E-state index contributed by atoms with van der Waals surface area (Å²) in [4.78, 5) is 10.7. The van der Waals surface area contributed by atoms with Crippen molar-refractivity contribution in [2.24, 2.45) is 0 Å². The van der Waals surface area contributed by atoms with Crippen LogP contribution in [-0.2, 0) is 0 Å². The molecule has 78 valence electrons. The molecule has 0 bridgehead atoms. The summed E-state index contributed by atoms with van der Waals surface area (Å²) in [7, 11) is 0. The number of hydrogen-bond acceptors (Lipinski definition) is 3. The molecule has 0 saturated carbocycles. The molecule has 4 heteroatoms. The Bertz CT molecular complexity index is 272. The van der Waals surface area contributed by atoms with E-state index in [9.17, 15) is 0 Å². The first-order valence-electron chi connectivity index (χ1n) is 4.88. The molecular weight excluding hydrogens is 198 g/mol. The van der Waals surface area contributed by atoms with Gasteiger partial charge in [-0.1, -0.05) is 6.92 Å². The fraction of sp³-hybridized carbons (Fsp3) is 0.600. The van der Waals surface area contributed by atoms with Crippen molar-refractivity contribution in [3.63, 3.8) is 0 Å². The third-order valence-corrected chi connectivity index (χ3v) is 2.17. The molecule has 1 aromatic rings. The number of halogens is 1. The van der Waals surface area contributed by atoms with Crippen LogP contribution < -0.4 is 4.90 Å². The number of anilines is 1. The van der Waals surface area contributed by atoms with Crippen LogP contribution in [0.3, 0.4) is 0 Å². The van der Waals surface area contributed by atoms with E-state index in [1.807, 2.05) is 6.92 Å². The minimum absolute atomic E-state index is 0.621. The summed E-state index contributed by atoms with van der Waals surface area (Å²) in [5.41, 5.74) is 0.964. The molecule has 0 radical (unpaired) electrons. The Labute approximate surface area is 90.1 Å². The Morgan fingerprint density at radius 3 is 2.57 bits per heavy atom. The van der Waals surface area contributed by atoms with E-state index in [0.29, 0.717) is 5.88 Å². The van der Waals surface area contributed by atoms with Crippen LogP contribution in [0, 0.1) is 6.92 Å². The van der Waals surface area contributed by atoms with Crippen LogP contribution in [0.5, 0.6) is 0 Å². The topological polar surface area (TPSA) is 29.0 Å². The lowest BCUT2D eigenvalue weighted by molar-refractivity contribution is 0.772. The van der Waals surface area contributed by atoms with Gasteiger partial charge < -0.3 is 4.90 Å². The van der Waals surface area contributed by atoms with Crippen LogP contribution in [0.4, 0.5) is 5.82 Å². The number of hydrogen-bond donors (Lipinski definition) is 0. The minimum atomic E-state index is 0.621. The molecule has 14 heavy (non-hydrogen) atoms. The van der Waals surface area contributed by atoms with Gasteiger partial charge in [0.2, 0.25) is 0 Å². The molecular formula is C10H16ClN3. The van der Waals surface area contributed by atoms with E-state index >= 15 is 0 Å². The average molecular weight is 214 g/mol. The number of aryl methyl sites for hydroxylation is 1. The van der Waals surface area contributed by atoms with Gasteiger partial charge in [0.1, 0.15) is 5.82 Å². The average Bonchev–Trinajstić information content (AvgIpc) is 2.18. The van der Waals surface area contributed by atoms with Gasteiger partial charge in [0.25, 0.3) is 0 Å². The van der Waals surface area contributed by atoms with E-state index < -0.39 is 0 Å². The molecule has 0 spiro atoms. The highest BCUT2D eigenvalue weighted by atomic mass is 35.5. The van der Waals surface area contributed by atoms with Crippen LogP contribution >= 0.6 is 11.6 Å². The first-order chi connectivity index (χ1) is 6.79. The standard InChI is InChI=1S/C10H16ClN3/c1-3-7-14(8-4-11)10-9(2)12-5-6-13-10/h5-6H,3-4,7-8H2,1-2H3. The number of nitrogens with zero attached hydrogens (tertiary/aromatic N) is 3. The van der Waals surface area contributed by atoms with Crippen LogP contribution in [0.2, 0.25) is 0 Å². The van der Waals surface area contributed by atoms with Crippen molar-refractivity contribution in [3.8, 4) is 0 Å². The predicted molar refractivity (Wildman–Crippen MR) is 60.0 cm³/mol. The quantitative estimate of drug-likeness (QED) is 0.703. The molecule has 0 aromatic carbocycles. The molecule has 0 amide bonds. The molecule has 0 fully saturated rings. The van der Waals surface area contributed by atoms with Gasteiger partial charge in [0, 0.05) is 31.4 Å². The van der Waals surface area contributed by atoms with E-state index in [2.05, 4.69) is 21.8 Å². The highest BCUT2D eigenvalue weighted by Gasteiger charge is 2.08. The van der Waals surface area contributed by atoms with Gasteiger partial charge in [-0.2, -0.15) is 0 Å². The van der Waals surface area contributed by atoms with Gasteiger partial charge in [-0.15, -0.1) is 11.6 Å². The van der Waals surface area contributed by atoms with E-state index in [0.717, 1.165) is 31.0 Å². The van der Waals surface area contributed by atoms with E-state index in [4.69, 9.17) is 11.6 Å². The Morgan fingerprint density at radius 2 is 2.00 bits per heavy atom. The van der Waals surface area contributed by atoms with Crippen molar-refractivity contribution in [1.82, 2.24) is 9.97 Å². The van der Waals surface area contributed by atoms with E-state index in [1.54, 1.807) is 12.4 Å². The summed E-state index contributed by atoms with van der Waals surface area (Å²) in [6, 6.07) is 0. The molecule has 1 heterocycles. The van der Waals surface area contributed by atoms with Crippen LogP contribution in [-0.4, -0.2) is 28.9 Å². The lowest BCUT2D eigenvalue weighted by Gasteiger charge is -2.22. The highest BCUT2D eigenvalue weighted by molar-refractivity contribution is 6.18. The smallest absolute Gasteiger partial charge is 0.150 e. The zero-order valence-electron chi connectivity index (χ0n) is 8.70. The fourth-order valence-corrected chi connectivity index (χ4v) is 1.61. The lowest BCUT2D eigenvalue weighted by Crippen LogP contribution is -2.28. The first kappa shape index (κ1) is 11.2. The third-order valence-electron chi connectivity index (χ3n) is 2.00. The minimum Gasteiger partial charge on any atom is -0.354 e. The second kappa shape index (κ2) is 5.81. The van der Waals surface area contributed by atoms with Gasteiger partial charge in [-0.25, -0.2) is 4.98 Å². The molecule has 0 saturated heterocycles. The van der Waals surface area contributed by atoms with E-state index in [-0.39, 0.29) is 0 Å². The van der Waals surface area contributed by atoms with Crippen LogP contribution in [0.25, 0.3) is 0 Å². The molecule has 3 nitrogen and oxygen atoms in total. The Morgan fingerprint density at radius 1 is 1.29 bits per heavy atom. The van der Waals surface area contributed by atoms with Gasteiger partial charge in [0.05, 0.1) is 5.69 Å². The monoisotopic (exact) mass is 213 g/mol. The van der Waals surface area contributed by atoms with Gasteiger partial charge >= 0.3 is 0 Å². The molecule has 0 aliphatic carbocycles. The summed E-state index contributed by atoms with van der Waals surface area (Å²) in [5.74, 6) is 1.57. The number of rotatable bonds is 5. The van der Waals surface area contributed by atoms with Crippen molar-refractivity contribution < 1.29 is 0 Å². The summed E-state index contributed by atoms with van der Waals surface area (Å²) in [5, 5.41) is 0. The second-order valence-corrected chi connectivity index (χ2v) is 3.52. The Kier molecular flexibility index (Phi) is 4.66. The summed E-state index contributed by atoms with van der Waals surface area (Å²) in [6.45, 7) is 5.92. The number of aromatic nitrogens is 2. The predicted octanol–water partition coefficient (Wildman–Crippen LogP) is 2.24. The lowest BCUT2D eigenvalue weighted by atomic mass is 10.3. The fourth-order valence-electron chi connectivity index (χ4n) is 1.41. The van der Waals surface area contributed by atoms with Crippen LogP contribution in [0.15, 0.2) is 12.4 Å². The van der Waals surface area contributed by atoms with Crippen LogP contribution in [0.1, 0.15) is 19.0 Å². The maximum Gasteiger partial charge on any atom is 0.150 e. The Hall–Kier alpha value is -0.830. The first-order valence-corrected chi connectivity index (χ1v) is 5.41. The molecule has 0 aliphatic rings. The summed E-state index contributed by atoms with van der Waals surface area (Å²) in [6.07, 6.45) is 4.52. The molecule has 1 rings (SSSR count). The van der Waals surface area contributed by atoms with Crippen molar-refractivity contribution in [3.05, 3.63) is 18.1 Å². The highest BCUT2D eigenvalue weighted by Crippen LogP contribution is 2.13. The Balaban J connectivity index is 2.81. The SMILES string of the molecule is CCCN(CCCl)c1nccnc1C. The van der Waals surface area contributed by atoms with E-state index in [1.165, 1.54) is 0 Å². The maximum atomic E-state index is 5.74. The summed E-state index contributed by atoms with van der Waals surface area (Å²) < 4.78 is 0. The molecule has 0 aliphatic heterocycles. The maximum absolute atomic E-state index is 5.74. The van der Waals surface area contributed by atoms with Gasteiger partial charge in [0.15, 0.2) is 0 Å². The van der Waals surface area contributed by atoms with Crippen molar-refractivity contribution in [1.29, 1.82) is 0 Å². The van der Waals surface area contributed by atoms with Crippen molar-refractivity contribution in [2.75, 3.05) is 23.9 Å². The largest absolute Gasteiger partial charge is 0.354 e. The molecule has 0 N–H and O–H groups in total. The second-order valence-electron chi connectivity index (χ2n) is 3.14. The zero-order valence-corrected chi connectivity index (χ0v) is 9.46. The number of alkyl halides is 1. The van der Waals surface area contributed by atoms with Gasteiger partial charge in [-0.3, -0.25) is 4.98 Å². The van der Waals surface area contributed by atoms with Gasteiger partial charge in [-0.05, 0) is 13.3 Å². The van der Waals surface area contributed by atoms with Crippen molar-refractivity contribution >= 4 is 17.4 Å². The van der Waals surface area contributed by atoms with Crippen molar-refractivity contribution in [2.45, 2.75) is 20.3 Å². The normalized spacial score (nSPS) is 10.2. The molecule has 0 atom stereocenters. The summed E-state index contributed by atoms with van der Waals surface area (Å²) >= 11 is 5.74. The molecule has 0 unspecified atom stereocenters. The third kappa shape index (κ3) is 2.84. The molecule has 1 aromatic heterocycles.